The Morgan fingerprint density at radius 3 is 2.74 bits per heavy atom. The highest BCUT2D eigenvalue weighted by Gasteiger charge is 2.29. The van der Waals surface area contributed by atoms with Crippen LogP contribution in [-0.2, 0) is 0 Å². The number of amides is 1. The molecule has 1 fully saturated rings. The highest BCUT2D eigenvalue weighted by Crippen LogP contribution is 2.44. The minimum absolute atomic E-state index is 0.106. The van der Waals surface area contributed by atoms with Gasteiger partial charge in [-0.25, -0.2) is 4.98 Å². The normalized spacial score (nSPS) is 13.3. The number of aliphatic hydroxyl groups is 1. The number of benzene rings is 2. The van der Waals surface area contributed by atoms with E-state index in [-0.39, 0.29) is 19.1 Å². The van der Waals surface area contributed by atoms with Crippen molar-refractivity contribution in [2.24, 2.45) is 0 Å². The Hall–Kier alpha value is -3.29. The summed E-state index contributed by atoms with van der Waals surface area (Å²) in [6.07, 6.45) is 2.20. The fourth-order valence-electron chi connectivity index (χ4n) is 3.44. The van der Waals surface area contributed by atoms with Crippen LogP contribution in [0.4, 0.5) is 0 Å². The number of aliphatic hydroxyl groups excluding tert-OH is 1. The first-order chi connectivity index (χ1) is 15.2. The molecule has 2 N–H and O–H groups in total. The van der Waals surface area contributed by atoms with Gasteiger partial charge in [-0.2, -0.15) is 4.98 Å². The quantitative estimate of drug-likeness (QED) is 0.441. The fourth-order valence-corrected chi connectivity index (χ4v) is 4.38. The van der Waals surface area contributed by atoms with E-state index in [4.69, 9.17) is 19.8 Å². The van der Waals surface area contributed by atoms with Gasteiger partial charge < -0.3 is 15.2 Å². The molecule has 7 heteroatoms. The Kier molecular flexibility index (Phi) is 5.36. The smallest absolute Gasteiger partial charge is 0.251 e. The zero-order valence-electron chi connectivity index (χ0n) is 16.7. The molecule has 1 amide bonds. The monoisotopic (exact) mass is 431 g/mol. The Balaban J connectivity index is 1.56. The van der Waals surface area contributed by atoms with E-state index < -0.39 is 0 Å². The number of aromatic nitrogens is 2. The SMILES string of the molecule is O=C(NCCO)c1cccc(Oc2nc(C3CC3)nc3scc(-c4ccccc4)c23)c1. The predicted molar refractivity (Wildman–Crippen MR) is 121 cm³/mol. The standard InChI is InChI=1S/C24H21N3O3S/c28-12-11-25-22(29)17-7-4-8-18(13-17)30-23-20-19(15-5-2-1-3-6-15)14-31-24(20)27-21(26-23)16-9-10-16/h1-8,13-14,16,28H,9-12H2,(H,25,29). The van der Waals surface area contributed by atoms with Crippen LogP contribution in [0.3, 0.4) is 0 Å². The van der Waals surface area contributed by atoms with Crippen molar-refractivity contribution in [3.63, 3.8) is 0 Å². The van der Waals surface area contributed by atoms with Crippen molar-refractivity contribution in [3.8, 4) is 22.8 Å². The van der Waals surface area contributed by atoms with Gasteiger partial charge in [-0.15, -0.1) is 11.3 Å². The average molecular weight is 432 g/mol. The van der Waals surface area contributed by atoms with E-state index in [0.717, 1.165) is 40.0 Å². The number of fused-ring (bicyclic) bond motifs is 1. The van der Waals surface area contributed by atoms with Gasteiger partial charge >= 0.3 is 0 Å². The van der Waals surface area contributed by atoms with Crippen LogP contribution in [0.1, 0.15) is 34.9 Å². The third-order valence-corrected chi connectivity index (χ3v) is 6.03. The molecule has 2 aromatic carbocycles. The van der Waals surface area contributed by atoms with Crippen molar-refractivity contribution in [1.82, 2.24) is 15.3 Å². The van der Waals surface area contributed by atoms with Crippen LogP contribution in [0, 0.1) is 0 Å². The summed E-state index contributed by atoms with van der Waals surface area (Å²) >= 11 is 1.59. The minimum atomic E-state index is -0.258. The van der Waals surface area contributed by atoms with E-state index in [2.05, 4.69) is 22.8 Å². The van der Waals surface area contributed by atoms with Gasteiger partial charge in [0, 0.05) is 29.0 Å². The maximum atomic E-state index is 12.3. The fraction of sp³-hybridized carbons (Fsp3) is 0.208. The van der Waals surface area contributed by atoms with E-state index in [9.17, 15) is 4.79 Å². The third kappa shape index (κ3) is 4.15. The summed E-state index contributed by atoms with van der Waals surface area (Å²) in [4.78, 5) is 22.8. The lowest BCUT2D eigenvalue weighted by Gasteiger charge is -2.11. The number of hydrogen-bond donors (Lipinski definition) is 2. The molecule has 2 heterocycles. The van der Waals surface area contributed by atoms with Crippen LogP contribution < -0.4 is 10.1 Å². The van der Waals surface area contributed by atoms with Gasteiger partial charge in [0.15, 0.2) is 0 Å². The first kappa shape index (κ1) is 19.7. The summed E-state index contributed by atoms with van der Waals surface area (Å²) in [5.41, 5.74) is 2.58. The number of carbonyl (C=O) groups is 1. The van der Waals surface area contributed by atoms with Gasteiger partial charge in [0.25, 0.3) is 5.91 Å². The van der Waals surface area contributed by atoms with Crippen molar-refractivity contribution < 1.29 is 14.6 Å². The lowest BCUT2D eigenvalue weighted by molar-refractivity contribution is 0.0944. The minimum Gasteiger partial charge on any atom is -0.438 e. The molecule has 0 radical (unpaired) electrons. The van der Waals surface area contributed by atoms with Crippen LogP contribution in [0.2, 0.25) is 0 Å². The molecular formula is C24H21N3O3S. The molecule has 156 valence electrons. The Morgan fingerprint density at radius 1 is 1.13 bits per heavy atom. The number of nitrogens with one attached hydrogen (secondary N) is 1. The molecular weight excluding hydrogens is 410 g/mol. The summed E-state index contributed by atoms with van der Waals surface area (Å²) in [5.74, 6) is 2.00. The molecule has 1 aliphatic carbocycles. The Labute approximate surface area is 183 Å². The van der Waals surface area contributed by atoms with Crippen molar-refractivity contribution in [2.75, 3.05) is 13.2 Å². The van der Waals surface area contributed by atoms with Crippen molar-refractivity contribution in [2.45, 2.75) is 18.8 Å². The van der Waals surface area contributed by atoms with Crippen molar-refractivity contribution in [1.29, 1.82) is 0 Å². The first-order valence-electron chi connectivity index (χ1n) is 10.2. The molecule has 0 saturated heterocycles. The van der Waals surface area contributed by atoms with E-state index in [1.165, 1.54) is 0 Å². The summed E-state index contributed by atoms with van der Waals surface area (Å²) in [7, 11) is 0. The molecule has 5 rings (SSSR count). The zero-order valence-corrected chi connectivity index (χ0v) is 17.6. The summed E-state index contributed by atoms with van der Waals surface area (Å²) in [5, 5.41) is 14.6. The van der Waals surface area contributed by atoms with Crippen LogP contribution in [0.25, 0.3) is 21.3 Å². The number of rotatable bonds is 7. The van der Waals surface area contributed by atoms with Crippen LogP contribution in [-0.4, -0.2) is 34.1 Å². The lowest BCUT2D eigenvalue weighted by atomic mass is 10.1. The van der Waals surface area contributed by atoms with Crippen molar-refractivity contribution >= 4 is 27.5 Å². The molecule has 0 aliphatic heterocycles. The maximum Gasteiger partial charge on any atom is 0.251 e. The van der Waals surface area contributed by atoms with E-state index in [1.807, 2.05) is 24.3 Å². The van der Waals surface area contributed by atoms with Crippen molar-refractivity contribution in [3.05, 3.63) is 71.4 Å². The average Bonchev–Trinajstić information content (AvgIpc) is 3.57. The van der Waals surface area contributed by atoms with E-state index >= 15 is 0 Å². The molecule has 4 aromatic rings. The van der Waals surface area contributed by atoms with Gasteiger partial charge in [0.1, 0.15) is 16.4 Å². The van der Waals surface area contributed by atoms with Gasteiger partial charge in [0.2, 0.25) is 5.88 Å². The Morgan fingerprint density at radius 2 is 1.97 bits per heavy atom. The van der Waals surface area contributed by atoms with Gasteiger partial charge in [0.05, 0.1) is 12.0 Å². The summed E-state index contributed by atoms with van der Waals surface area (Å²) in [6.45, 7) is 0.0990. The first-order valence-corrected chi connectivity index (χ1v) is 11.1. The van der Waals surface area contributed by atoms with Crippen LogP contribution in [0.15, 0.2) is 60.0 Å². The topological polar surface area (TPSA) is 84.3 Å². The van der Waals surface area contributed by atoms with Gasteiger partial charge in [-0.05, 0) is 36.6 Å². The molecule has 1 saturated carbocycles. The number of hydrogen-bond acceptors (Lipinski definition) is 6. The second-order valence-corrected chi connectivity index (χ2v) is 8.32. The molecule has 0 bridgehead atoms. The largest absolute Gasteiger partial charge is 0.438 e. The van der Waals surface area contributed by atoms with E-state index in [1.54, 1.807) is 29.5 Å². The second-order valence-electron chi connectivity index (χ2n) is 7.47. The number of thiophene rings is 1. The molecule has 31 heavy (non-hydrogen) atoms. The number of nitrogens with zero attached hydrogens (tertiary/aromatic N) is 2. The third-order valence-electron chi connectivity index (χ3n) is 5.15. The van der Waals surface area contributed by atoms with E-state index in [0.29, 0.717) is 23.1 Å². The second kappa shape index (κ2) is 8.45. The Bertz CT molecular complexity index is 1240. The lowest BCUT2D eigenvalue weighted by Crippen LogP contribution is -2.26. The summed E-state index contributed by atoms with van der Waals surface area (Å²) < 4.78 is 6.25. The molecule has 6 nitrogen and oxygen atoms in total. The zero-order chi connectivity index (χ0) is 21.2. The molecule has 0 spiro atoms. The van der Waals surface area contributed by atoms with Crippen LogP contribution >= 0.6 is 11.3 Å². The van der Waals surface area contributed by atoms with Gasteiger partial charge in [-0.1, -0.05) is 36.4 Å². The number of ether oxygens (including phenoxy) is 1. The van der Waals surface area contributed by atoms with Crippen LogP contribution in [0.5, 0.6) is 11.6 Å². The molecule has 2 aromatic heterocycles. The predicted octanol–water partition coefficient (Wildman–Crippen LogP) is 4.75. The number of carbonyl (C=O) groups excluding carboxylic acids is 1. The van der Waals surface area contributed by atoms with Gasteiger partial charge in [-0.3, -0.25) is 4.79 Å². The molecule has 0 unspecified atom stereocenters. The molecule has 1 aliphatic rings. The maximum absolute atomic E-state index is 12.3. The summed E-state index contributed by atoms with van der Waals surface area (Å²) in [6, 6.07) is 17.1. The molecule has 0 atom stereocenters. The highest BCUT2D eigenvalue weighted by molar-refractivity contribution is 7.17. The highest BCUT2D eigenvalue weighted by atomic mass is 32.1.